The SMILES string of the molecule is Cc1nn(C)c(Cl)c1CC(NN)c1ccc(C(C)C)cc1. The van der Waals surface area contributed by atoms with Crippen molar-refractivity contribution in [3.8, 4) is 0 Å². The Hall–Kier alpha value is -1.36. The molecule has 2 rings (SSSR count). The Morgan fingerprint density at radius 3 is 2.24 bits per heavy atom. The molecule has 21 heavy (non-hydrogen) atoms. The lowest BCUT2D eigenvalue weighted by atomic mass is 9.96. The van der Waals surface area contributed by atoms with Gasteiger partial charge in [0.25, 0.3) is 0 Å². The maximum atomic E-state index is 6.30. The Kier molecular flexibility index (Phi) is 5.04. The molecule has 0 radical (unpaired) electrons. The van der Waals surface area contributed by atoms with Crippen molar-refractivity contribution in [1.82, 2.24) is 15.2 Å². The van der Waals surface area contributed by atoms with Gasteiger partial charge in [-0.3, -0.25) is 16.0 Å². The number of nitrogens with zero attached hydrogens (tertiary/aromatic N) is 2. The zero-order chi connectivity index (χ0) is 15.6. The van der Waals surface area contributed by atoms with E-state index in [-0.39, 0.29) is 6.04 Å². The first kappa shape index (κ1) is 16.0. The second kappa shape index (κ2) is 6.60. The van der Waals surface area contributed by atoms with Crippen molar-refractivity contribution >= 4 is 11.6 Å². The Morgan fingerprint density at radius 1 is 1.24 bits per heavy atom. The monoisotopic (exact) mass is 306 g/mol. The van der Waals surface area contributed by atoms with Gasteiger partial charge in [0.05, 0.1) is 11.7 Å². The van der Waals surface area contributed by atoms with Gasteiger partial charge in [-0.15, -0.1) is 0 Å². The van der Waals surface area contributed by atoms with E-state index in [2.05, 4.69) is 48.6 Å². The fraction of sp³-hybridized carbons (Fsp3) is 0.438. The van der Waals surface area contributed by atoms with E-state index >= 15 is 0 Å². The maximum absolute atomic E-state index is 6.30. The van der Waals surface area contributed by atoms with Crippen LogP contribution in [0.25, 0.3) is 0 Å². The predicted molar refractivity (Wildman–Crippen MR) is 87.3 cm³/mol. The zero-order valence-electron chi connectivity index (χ0n) is 13.0. The number of hydrogen-bond acceptors (Lipinski definition) is 3. The lowest BCUT2D eigenvalue weighted by Crippen LogP contribution is -2.29. The van der Waals surface area contributed by atoms with Gasteiger partial charge >= 0.3 is 0 Å². The standard InChI is InChI=1S/C16H23ClN4/c1-10(2)12-5-7-13(8-6-12)15(19-18)9-14-11(3)20-21(4)16(14)17/h5-8,10,15,19H,9,18H2,1-4H3. The molecule has 0 aliphatic heterocycles. The first-order valence-electron chi connectivity index (χ1n) is 7.18. The largest absolute Gasteiger partial charge is 0.271 e. The summed E-state index contributed by atoms with van der Waals surface area (Å²) in [5.74, 6) is 6.26. The van der Waals surface area contributed by atoms with Gasteiger partial charge in [-0.2, -0.15) is 5.10 Å². The van der Waals surface area contributed by atoms with Gasteiger partial charge in [0.15, 0.2) is 0 Å². The van der Waals surface area contributed by atoms with Gasteiger partial charge in [0.1, 0.15) is 5.15 Å². The Bertz CT molecular complexity index is 601. The number of hydrogen-bond donors (Lipinski definition) is 2. The number of nitrogens with one attached hydrogen (secondary N) is 1. The third-order valence-corrected chi connectivity index (χ3v) is 4.36. The van der Waals surface area contributed by atoms with Crippen LogP contribution in [0.15, 0.2) is 24.3 Å². The molecule has 0 saturated carbocycles. The molecule has 2 aromatic rings. The van der Waals surface area contributed by atoms with Gasteiger partial charge < -0.3 is 0 Å². The summed E-state index contributed by atoms with van der Waals surface area (Å²) in [6.45, 7) is 6.34. The summed E-state index contributed by atoms with van der Waals surface area (Å²) >= 11 is 6.30. The van der Waals surface area contributed by atoms with Crippen molar-refractivity contribution in [3.63, 3.8) is 0 Å². The number of hydrazine groups is 1. The second-order valence-electron chi connectivity index (χ2n) is 5.72. The molecule has 3 N–H and O–H groups in total. The minimum atomic E-state index is 0.0200. The minimum absolute atomic E-state index is 0.0200. The van der Waals surface area contributed by atoms with Crippen LogP contribution < -0.4 is 11.3 Å². The average molecular weight is 307 g/mol. The summed E-state index contributed by atoms with van der Waals surface area (Å²) in [5.41, 5.74) is 7.34. The molecule has 0 aliphatic rings. The van der Waals surface area contributed by atoms with Gasteiger partial charge in [0, 0.05) is 12.6 Å². The Labute approximate surface area is 131 Å². The Balaban J connectivity index is 2.23. The van der Waals surface area contributed by atoms with Crippen LogP contribution in [-0.4, -0.2) is 9.78 Å². The maximum Gasteiger partial charge on any atom is 0.130 e. The van der Waals surface area contributed by atoms with Crippen LogP contribution in [0.5, 0.6) is 0 Å². The number of halogens is 1. The number of rotatable bonds is 5. The minimum Gasteiger partial charge on any atom is -0.271 e. The van der Waals surface area contributed by atoms with Crippen molar-refractivity contribution in [3.05, 3.63) is 51.8 Å². The summed E-state index contributed by atoms with van der Waals surface area (Å²) in [6, 6.07) is 8.58. The fourth-order valence-corrected chi connectivity index (χ4v) is 2.75. The molecule has 1 aromatic carbocycles. The third-order valence-electron chi connectivity index (χ3n) is 3.88. The number of benzene rings is 1. The van der Waals surface area contributed by atoms with E-state index in [1.807, 2.05) is 14.0 Å². The fourth-order valence-electron chi connectivity index (χ4n) is 2.50. The van der Waals surface area contributed by atoms with Crippen LogP contribution in [0.2, 0.25) is 5.15 Å². The normalized spacial score (nSPS) is 12.9. The molecule has 1 atom stereocenters. The Morgan fingerprint density at radius 2 is 1.81 bits per heavy atom. The zero-order valence-corrected chi connectivity index (χ0v) is 13.8. The summed E-state index contributed by atoms with van der Waals surface area (Å²) in [4.78, 5) is 0. The van der Waals surface area contributed by atoms with E-state index < -0.39 is 0 Å². The molecule has 114 valence electrons. The molecular formula is C16H23ClN4. The summed E-state index contributed by atoms with van der Waals surface area (Å²) in [7, 11) is 1.85. The lowest BCUT2D eigenvalue weighted by molar-refractivity contribution is 0.550. The van der Waals surface area contributed by atoms with Gasteiger partial charge in [-0.25, -0.2) is 0 Å². The summed E-state index contributed by atoms with van der Waals surface area (Å²) in [6.07, 6.45) is 0.718. The van der Waals surface area contributed by atoms with E-state index in [9.17, 15) is 0 Å². The van der Waals surface area contributed by atoms with E-state index in [1.165, 1.54) is 5.56 Å². The van der Waals surface area contributed by atoms with E-state index in [4.69, 9.17) is 17.4 Å². The molecule has 0 spiro atoms. The third kappa shape index (κ3) is 3.46. The first-order chi connectivity index (χ1) is 9.93. The second-order valence-corrected chi connectivity index (χ2v) is 6.08. The van der Waals surface area contributed by atoms with Crippen molar-refractivity contribution in [1.29, 1.82) is 0 Å². The molecule has 0 amide bonds. The molecule has 4 nitrogen and oxygen atoms in total. The lowest BCUT2D eigenvalue weighted by Gasteiger charge is -2.17. The summed E-state index contributed by atoms with van der Waals surface area (Å²) in [5, 5.41) is 5.02. The van der Waals surface area contributed by atoms with Crippen LogP contribution >= 0.6 is 11.6 Å². The number of aromatic nitrogens is 2. The highest BCUT2D eigenvalue weighted by atomic mass is 35.5. The van der Waals surface area contributed by atoms with Crippen molar-refractivity contribution in [2.45, 2.75) is 39.2 Å². The van der Waals surface area contributed by atoms with Gasteiger partial charge in [-0.1, -0.05) is 49.7 Å². The molecule has 1 aromatic heterocycles. The first-order valence-corrected chi connectivity index (χ1v) is 7.55. The molecule has 0 bridgehead atoms. The van der Waals surface area contributed by atoms with Crippen LogP contribution in [-0.2, 0) is 13.5 Å². The molecule has 0 aliphatic carbocycles. The number of aryl methyl sites for hydroxylation is 2. The number of nitrogens with two attached hydrogens (primary N) is 1. The predicted octanol–water partition coefficient (Wildman–Crippen LogP) is 3.25. The average Bonchev–Trinajstić information content (AvgIpc) is 2.70. The quantitative estimate of drug-likeness (QED) is 0.658. The highest BCUT2D eigenvalue weighted by Crippen LogP contribution is 2.26. The van der Waals surface area contributed by atoms with Gasteiger partial charge in [0.2, 0.25) is 0 Å². The van der Waals surface area contributed by atoms with Crippen LogP contribution in [0.1, 0.15) is 48.2 Å². The van der Waals surface area contributed by atoms with E-state index in [0.717, 1.165) is 23.2 Å². The highest BCUT2D eigenvalue weighted by Gasteiger charge is 2.18. The van der Waals surface area contributed by atoms with E-state index in [0.29, 0.717) is 11.1 Å². The van der Waals surface area contributed by atoms with Crippen molar-refractivity contribution in [2.24, 2.45) is 12.9 Å². The highest BCUT2D eigenvalue weighted by molar-refractivity contribution is 6.30. The molecule has 5 heteroatoms. The van der Waals surface area contributed by atoms with Gasteiger partial charge in [-0.05, 0) is 30.4 Å². The molecule has 0 fully saturated rings. The topological polar surface area (TPSA) is 55.9 Å². The van der Waals surface area contributed by atoms with E-state index in [1.54, 1.807) is 4.68 Å². The van der Waals surface area contributed by atoms with Crippen molar-refractivity contribution in [2.75, 3.05) is 0 Å². The summed E-state index contributed by atoms with van der Waals surface area (Å²) < 4.78 is 1.70. The molecular weight excluding hydrogens is 284 g/mol. The van der Waals surface area contributed by atoms with Crippen molar-refractivity contribution < 1.29 is 0 Å². The van der Waals surface area contributed by atoms with Crippen LogP contribution in [0, 0.1) is 6.92 Å². The molecule has 0 saturated heterocycles. The molecule has 1 unspecified atom stereocenters. The smallest absolute Gasteiger partial charge is 0.130 e. The van der Waals surface area contributed by atoms with Crippen LogP contribution in [0.3, 0.4) is 0 Å². The van der Waals surface area contributed by atoms with Crippen LogP contribution in [0.4, 0.5) is 0 Å². The molecule has 1 heterocycles.